The minimum atomic E-state index is -0.588. The van der Waals surface area contributed by atoms with Gasteiger partial charge in [0.05, 0.1) is 11.2 Å². The fraction of sp³-hybridized carbons (Fsp3) is 0.214. The van der Waals surface area contributed by atoms with E-state index in [9.17, 15) is 9.59 Å². The molecule has 0 saturated carbocycles. The van der Waals surface area contributed by atoms with Crippen molar-refractivity contribution in [2.75, 3.05) is 0 Å². The maximum Gasteiger partial charge on any atom is 0.287 e. The highest BCUT2D eigenvalue weighted by Crippen LogP contribution is 2.14. The number of hydrogen-bond donors (Lipinski definition) is 1. The van der Waals surface area contributed by atoms with E-state index in [4.69, 9.17) is 23.2 Å². The van der Waals surface area contributed by atoms with Gasteiger partial charge in [0, 0.05) is 6.54 Å². The van der Waals surface area contributed by atoms with Gasteiger partial charge in [0.2, 0.25) is 5.91 Å². The van der Waals surface area contributed by atoms with Crippen LogP contribution in [-0.4, -0.2) is 15.7 Å². The molecule has 2 aromatic rings. The standard InChI is InChI=1S/C14H13Cl2N3O2/c1-9-4-2-3-5-10(9)6-17-12(20)8-19-14(21)13(16)11(15)7-18-19/h2-5,7H,6,8H2,1H3,(H,17,20). The van der Waals surface area contributed by atoms with E-state index in [-0.39, 0.29) is 22.5 Å². The van der Waals surface area contributed by atoms with Crippen molar-refractivity contribution in [3.63, 3.8) is 0 Å². The van der Waals surface area contributed by atoms with Gasteiger partial charge in [-0.25, -0.2) is 4.68 Å². The van der Waals surface area contributed by atoms with Crippen LogP contribution < -0.4 is 10.9 Å². The number of nitrogens with zero attached hydrogens (tertiary/aromatic N) is 2. The minimum Gasteiger partial charge on any atom is -0.350 e. The second kappa shape index (κ2) is 6.74. The number of aromatic nitrogens is 2. The van der Waals surface area contributed by atoms with E-state index >= 15 is 0 Å². The van der Waals surface area contributed by atoms with Crippen molar-refractivity contribution in [2.45, 2.75) is 20.0 Å². The van der Waals surface area contributed by atoms with Gasteiger partial charge in [-0.05, 0) is 18.1 Å². The van der Waals surface area contributed by atoms with E-state index in [2.05, 4.69) is 10.4 Å². The van der Waals surface area contributed by atoms with Crippen LogP contribution in [0.5, 0.6) is 0 Å². The van der Waals surface area contributed by atoms with Gasteiger partial charge in [-0.1, -0.05) is 47.5 Å². The molecule has 7 heteroatoms. The van der Waals surface area contributed by atoms with Crippen LogP contribution in [0.4, 0.5) is 0 Å². The fourth-order valence-electron chi connectivity index (χ4n) is 1.75. The van der Waals surface area contributed by atoms with Crippen LogP contribution in [0.25, 0.3) is 0 Å². The average Bonchev–Trinajstić information content (AvgIpc) is 2.47. The van der Waals surface area contributed by atoms with Crippen molar-refractivity contribution < 1.29 is 4.79 Å². The lowest BCUT2D eigenvalue weighted by Gasteiger charge is -2.09. The average molecular weight is 326 g/mol. The first kappa shape index (κ1) is 15.5. The van der Waals surface area contributed by atoms with Crippen LogP contribution in [-0.2, 0) is 17.9 Å². The highest BCUT2D eigenvalue weighted by Gasteiger charge is 2.10. The fourth-order valence-corrected chi connectivity index (χ4v) is 2.02. The van der Waals surface area contributed by atoms with Gasteiger partial charge in [-0.3, -0.25) is 9.59 Å². The number of hydrogen-bond acceptors (Lipinski definition) is 3. The van der Waals surface area contributed by atoms with E-state index < -0.39 is 5.56 Å². The highest BCUT2D eigenvalue weighted by molar-refractivity contribution is 6.41. The topological polar surface area (TPSA) is 64.0 Å². The SMILES string of the molecule is Cc1ccccc1CNC(=O)Cn1ncc(Cl)c(Cl)c1=O. The molecule has 21 heavy (non-hydrogen) atoms. The Kier molecular flexibility index (Phi) is 4.98. The Hall–Kier alpha value is -1.85. The monoisotopic (exact) mass is 325 g/mol. The molecule has 1 heterocycles. The molecule has 1 aromatic carbocycles. The smallest absolute Gasteiger partial charge is 0.287 e. The summed E-state index contributed by atoms with van der Waals surface area (Å²) < 4.78 is 0.974. The molecule has 0 atom stereocenters. The number of carbonyl (C=O) groups is 1. The van der Waals surface area contributed by atoms with Gasteiger partial charge < -0.3 is 5.32 Å². The number of carbonyl (C=O) groups excluding carboxylic acids is 1. The van der Waals surface area contributed by atoms with Gasteiger partial charge in [0.15, 0.2) is 0 Å². The largest absolute Gasteiger partial charge is 0.350 e. The Labute approximate surface area is 131 Å². The first-order valence-corrected chi connectivity index (χ1v) is 6.97. The van der Waals surface area contributed by atoms with Crippen molar-refractivity contribution in [3.05, 3.63) is 62.0 Å². The number of halogens is 2. The molecule has 0 spiro atoms. The summed E-state index contributed by atoms with van der Waals surface area (Å²) in [4.78, 5) is 23.6. The summed E-state index contributed by atoms with van der Waals surface area (Å²) in [6.07, 6.45) is 1.24. The summed E-state index contributed by atoms with van der Waals surface area (Å²) in [6, 6.07) is 7.73. The van der Waals surface area contributed by atoms with Gasteiger partial charge in [-0.2, -0.15) is 5.10 Å². The molecule has 5 nitrogen and oxygen atoms in total. The van der Waals surface area contributed by atoms with Crippen LogP contribution in [0.2, 0.25) is 10.0 Å². The van der Waals surface area contributed by atoms with E-state index in [0.717, 1.165) is 15.8 Å². The van der Waals surface area contributed by atoms with E-state index in [1.165, 1.54) is 6.20 Å². The summed E-state index contributed by atoms with van der Waals surface area (Å²) in [6.45, 7) is 2.15. The predicted octanol–water partition coefficient (Wildman–Crippen LogP) is 2.17. The van der Waals surface area contributed by atoms with Crippen molar-refractivity contribution in [2.24, 2.45) is 0 Å². The molecule has 0 bridgehead atoms. The lowest BCUT2D eigenvalue weighted by atomic mass is 10.1. The van der Waals surface area contributed by atoms with Crippen LogP contribution in [0.1, 0.15) is 11.1 Å². The summed E-state index contributed by atoms with van der Waals surface area (Å²) in [5.41, 5.74) is 1.51. The molecule has 0 aliphatic rings. The van der Waals surface area contributed by atoms with Gasteiger partial charge in [-0.15, -0.1) is 0 Å². The summed E-state index contributed by atoms with van der Waals surface area (Å²) >= 11 is 11.4. The van der Waals surface area contributed by atoms with E-state index in [1.807, 2.05) is 31.2 Å². The Bertz CT molecular complexity index is 728. The Morgan fingerprint density at radius 3 is 2.76 bits per heavy atom. The lowest BCUT2D eigenvalue weighted by molar-refractivity contribution is -0.122. The molecular weight excluding hydrogens is 313 g/mol. The molecule has 0 aliphatic heterocycles. The number of amides is 1. The van der Waals surface area contributed by atoms with Crippen molar-refractivity contribution >= 4 is 29.1 Å². The van der Waals surface area contributed by atoms with Crippen LogP contribution in [0.3, 0.4) is 0 Å². The maximum atomic E-state index is 11.9. The quantitative estimate of drug-likeness (QED) is 0.937. The molecular formula is C14H13Cl2N3O2. The third-order valence-electron chi connectivity index (χ3n) is 2.97. The minimum absolute atomic E-state index is 0.0678. The molecule has 0 fully saturated rings. The highest BCUT2D eigenvalue weighted by atomic mass is 35.5. The molecule has 110 valence electrons. The third-order valence-corrected chi connectivity index (χ3v) is 3.72. The zero-order valence-electron chi connectivity index (χ0n) is 11.3. The third kappa shape index (κ3) is 3.83. The Balaban J connectivity index is 2.02. The van der Waals surface area contributed by atoms with Crippen LogP contribution in [0.15, 0.2) is 35.3 Å². The lowest BCUT2D eigenvalue weighted by Crippen LogP contribution is -2.33. The molecule has 0 radical (unpaired) electrons. The predicted molar refractivity (Wildman–Crippen MR) is 81.5 cm³/mol. The first-order valence-electron chi connectivity index (χ1n) is 6.21. The molecule has 0 saturated heterocycles. The number of nitrogens with one attached hydrogen (secondary N) is 1. The molecule has 1 amide bonds. The second-order valence-corrected chi connectivity index (χ2v) is 5.26. The van der Waals surface area contributed by atoms with Gasteiger partial charge in [0.1, 0.15) is 11.6 Å². The second-order valence-electron chi connectivity index (χ2n) is 4.47. The summed E-state index contributed by atoms with van der Waals surface area (Å²) in [7, 11) is 0. The zero-order chi connectivity index (χ0) is 15.4. The normalized spacial score (nSPS) is 10.4. The first-order chi connectivity index (χ1) is 9.99. The van der Waals surface area contributed by atoms with Crippen LogP contribution in [0, 0.1) is 6.92 Å². The zero-order valence-corrected chi connectivity index (χ0v) is 12.8. The molecule has 1 aromatic heterocycles. The van der Waals surface area contributed by atoms with E-state index in [1.54, 1.807) is 0 Å². The van der Waals surface area contributed by atoms with Crippen molar-refractivity contribution in [1.82, 2.24) is 15.1 Å². The van der Waals surface area contributed by atoms with Crippen LogP contribution >= 0.6 is 23.2 Å². The van der Waals surface area contributed by atoms with E-state index in [0.29, 0.717) is 6.54 Å². The van der Waals surface area contributed by atoms with Crippen molar-refractivity contribution in [1.29, 1.82) is 0 Å². The molecule has 2 rings (SSSR count). The molecule has 0 unspecified atom stereocenters. The number of aryl methyl sites for hydroxylation is 1. The Morgan fingerprint density at radius 2 is 2.05 bits per heavy atom. The number of benzene rings is 1. The number of rotatable bonds is 4. The molecule has 0 aliphatic carbocycles. The summed E-state index contributed by atoms with van der Waals surface area (Å²) in [5.74, 6) is -0.328. The van der Waals surface area contributed by atoms with Crippen molar-refractivity contribution in [3.8, 4) is 0 Å². The van der Waals surface area contributed by atoms with Gasteiger partial charge in [0.25, 0.3) is 5.56 Å². The van der Waals surface area contributed by atoms with Gasteiger partial charge >= 0.3 is 0 Å². The molecule has 1 N–H and O–H groups in total. The Morgan fingerprint density at radius 1 is 1.33 bits per heavy atom. The maximum absolute atomic E-state index is 11.9. The summed E-state index contributed by atoms with van der Waals surface area (Å²) in [5, 5.41) is 6.44.